The third kappa shape index (κ3) is 8.01. The zero-order valence-corrected chi connectivity index (χ0v) is 24.3. The van der Waals surface area contributed by atoms with Crippen molar-refractivity contribution >= 4 is 33.2 Å². The molecule has 2 aromatic heterocycles. The van der Waals surface area contributed by atoms with Gasteiger partial charge in [-0.1, -0.05) is 32.4 Å². The van der Waals surface area contributed by atoms with Crippen LogP contribution in [0.2, 0.25) is 5.02 Å². The number of nitrogens with zero attached hydrogens (tertiary/aromatic N) is 3. The van der Waals surface area contributed by atoms with Crippen molar-refractivity contribution < 1.29 is 31.8 Å². The molecule has 0 radical (unpaired) electrons. The predicted octanol–water partition coefficient (Wildman–Crippen LogP) is 4.13. The summed E-state index contributed by atoms with van der Waals surface area (Å²) in [5, 5.41) is 20.3. The van der Waals surface area contributed by atoms with Gasteiger partial charge in [0.15, 0.2) is 5.69 Å². The fourth-order valence-electron chi connectivity index (χ4n) is 4.39. The fourth-order valence-corrected chi connectivity index (χ4v) is 5.81. The summed E-state index contributed by atoms with van der Waals surface area (Å²) in [4.78, 5) is 17.3. The van der Waals surface area contributed by atoms with E-state index in [1.807, 2.05) is 20.8 Å². The standard InChI is InChI=1S/C25H36ClF2N5O5S/c1-6-33-21(16-12-29-18(30-13-24(2,3)4)11-17(16)38-23(27)28)19(26)20(32-33)22(34)31-14-25(35)9-7-15(8-10-25)39(5,36)37/h11-12,15,23,35H,6-10,13-14H2,1-5H3,(H,29,30)(H,31,34). The van der Waals surface area contributed by atoms with E-state index in [1.54, 1.807) is 6.92 Å². The van der Waals surface area contributed by atoms with Gasteiger partial charge in [0, 0.05) is 38.2 Å². The zero-order valence-electron chi connectivity index (χ0n) is 22.7. The average molecular weight is 592 g/mol. The summed E-state index contributed by atoms with van der Waals surface area (Å²) in [7, 11) is -3.21. The molecule has 218 valence electrons. The first-order valence-electron chi connectivity index (χ1n) is 12.7. The van der Waals surface area contributed by atoms with E-state index >= 15 is 0 Å². The number of rotatable bonds is 10. The number of hydrogen-bond donors (Lipinski definition) is 3. The molecule has 0 spiro atoms. The van der Waals surface area contributed by atoms with Gasteiger partial charge in [-0.05, 0) is 38.0 Å². The van der Waals surface area contributed by atoms with Gasteiger partial charge in [0.05, 0.1) is 27.1 Å². The molecule has 0 bridgehead atoms. The lowest BCUT2D eigenvalue weighted by Gasteiger charge is -2.35. The Labute approximate surface area is 232 Å². The summed E-state index contributed by atoms with van der Waals surface area (Å²) in [5.74, 6) is -0.517. The van der Waals surface area contributed by atoms with Crippen molar-refractivity contribution in [1.29, 1.82) is 0 Å². The van der Waals surface area contributed by atoms with Crippen molar-refractivity contribution in [2.75, 3.05) is 24.7 Å². The topological polar surface area (TPSA) is 135 Å². The van der Waals surface area contributed by atoms with Gasteiger partial charge in [0.1, 0.15) is 21.4 Å². The van der Waals surface area contributed by atoms with Crippen LogP contribution >= 0.6 is 11.6 Å². The third-order valence-electron chi connectivity index (χ3n) is 6.59. The average Bonchev–Trinajstić information content (AvgIpc) is 3.16. The molecule has 39 heavy (non-hydrogen) atoms. The van der Waals surface area contributed by atoms with Gasteiger partial charge in [-0.3, -0.25) is 9.48 Å². The summed E-state index contributed by atoms with van der Waals surface area (Å²) in [5.41, 5.74) is -1.19. The largest absolute Gasteiger partial charge is 0.434 e. The highest BCUT2D eigenvalue weighted by Crippen LogP contribution is 2.38. The molecule has 1 aliphatic rings. The van der Waals surface area contributed by atoms with Gasteiger partial charge in [-0.25, -0.2) is 13.4 Å². The number of anilines is 1. The second-order valence-corrected chi connectivity index (χ2v) is 13.8. The van der Waals surface area contributed by atoms with E-state index in [1.165, 1.54) is 23.2 Å². The van der Waals surface area contributed by atoms with Crippen LogP contribution in [-0.2, 0) is 16.4 Å². The summed E-state index contributed by atoms with van der Waals surface area (Å²) in [6.45, 7) is 5.34. The van der Waals surface area contributed by atoms with Crippen molar-refractivity contribution in [2.24, 2.45) is 5.41 Å². The smallest absolute Gasteiger partial charge is 0.387 e. The first-order chi connectivity index (χ1) is 18.0. The highest BCUT2D eigenvalue weighted by molar-refractivity contribution is 7.91. The van der Waals surface area contributed by atoms with Crippen molar-refractivity contribution in [3.05, 3.63) is 23.0 Å². The Kier molecular flexibility index (Phi) is 9.49. The van der Waals surface area contributed by atoms with Crippen LogP contribution in [0.25, 0.3) is 11.3 Å². The lowest BCUT2D eigenvalue weighted by Crippen LogP contribution is -2.47. The second kappa shape index (κ2) is 11.9. The van der Waals surface area contributed by atoms with Crippen LogP contribution in [0.3, 0.4) is 0 Å². The molecule has 2 aromatic rings. The van der Waals surface area contributed by atoms with Crippen molar-refractivity contribution in [1.82, 2.24) is 20.1 Å². The molecular formula is C25H36ClF2N5O5S. The van der Waals surface area contributed by atoms with E-state index in [0.29, 0.717) is 25.2 Å². The Morgan fingerprint density at radius 3 is 2.51 bits per heavy atom. The van der Waals surface area contributed by atoms with E-state index in [4.69, 9.17) is 16.3 Å². The normalized spacial score (nSPS) is 20.2. The number of hydrogen-bond acceptors (Lipinski definition) is 8. The van der Waals surface area contributed by atoms with E-state index in [9.17, 15) is 27.1 Å². The molecule has 0 atom stereocenters. The van der Waals surface area contributed by atoms with Gasteiger partial charge in [-0.15, -0.1) is 0 Å². The van der Waals surface area contributed by atoms with Gasteiger partial charge in [0.2, 0.25) is 0 Å². The molecule has 3 rings (SSSR count). The minimum absolute atomic E-state index is 0.0848. The Morgan fingerprint density at radius 2 is 1.97 bits per heavy atom. The van der Waals surface area contributed by atoms with Crippen LogP contribution in [0.1, 0.15) is 63.9 Å². The number of aliphatic hydroxyl groups is 1. The number of aryl methyl sites for hydroxylation is 1. The fraction of sp³-hybridized carbons (Fsp3) is 0.640. The SMILES string of the molecule is CCn1nc(C(=O)NCC2(O)CCC(S(C)(=O)=O)CC2)c(Cl)c1-c1cnc(NCC(C)(C)C)cc1OC(F)F. The minimum Gasteiger partial charge on any atom is -0.434 e. The zero-order chi connectivity index (χ0) is 29.2. The van der Waals surface area contributed by atoms with Crippen LogP contribution in [0, 0.1) is 5.41 Å². The van der Waals surface area contributed by atoms with Crippen LogP contribution < -0.4 is 15.4 Å². The van der Waals surface area contributed by atoms with Crippen molar-refractivity contribution in [2.45, 2.75) is 77.4 Å². The molecule has 14 heteroatoms. The maximum absolute atomic E-state index is 13.3. The molecule has 10 nitrogen and oxygen atoms in total. The van der Waals surface area contributed by atoms with E-state index in [-0.39, 0.29) is 59.1 Å². The summed E-state index contributed by atoms with van der Waals surface area (Å²) >= 11 is 6.57. The second-order valence-electron chi connectivity index (χ2n) is 11.1. The monoisotopic (exact) mass is 591 g/mol. The quantitative estimate of drug-likeness (QED) is 0.375. The summed E-state index contributed by atoms with van der Waals surface area (Å²) < 4.78 is 56.4. The Balaban J connectivity index is 1.84. The maximum atomic E-state index is 13.3. The van der Waals surface area contributed by atoms with E-state index < -0.39 is 33.2 Å². The van der Waals surface area contributed by atoms with Crippen LogP contribution in [0.5, 0.6) is 5.75 Å². The van der Waals surface area contributed by atoms with Crippen LogP contribution in [-0.4, -0.2) is 71.0 Å². The molecule has 2 heterocycles. The number of amides is 1. The number of aromatic nitrogens is 3. The highest BCUT2D eigenvalue weighted by atomic mass is 35.5. The predicted molar refractivity (Wildman–Crippen MR) is 145 cm³/mol. The van der Waals surface area contributed by atoms with Crippen LogP contribution in [0.4, 0.5) is 14.6 Å². The van der Waals surface area contributed by atoms with Crippen molar-refractivity contribution in [3.8, 4) is 17.0 Å². The molecule has 3 N–H and O–H groups in total. The Hall–Kier alpha value is -2.51. The molecular weight excluding hydrogens is 556 g/mol. The Bertz CT molecular complexity index is 1290. The van der Waals surface area contributed by atoms with Gasteiger partial charge in [-0.2, -0.15) is 13.9 Å². The maximum Gasteiger partial charge on any atom is 0.387 e. The molecule has 0 saturated heterocycles. The minimum atomic E-state index is -3.21. The van der Waals surface area contributed by atoms with Gasteiger partial charge < -0.3 is 20.5 Å². The molecule has 0 aliphatic heterocycles. The lowest BCUT2D eigenvalue weighted by atomic mass is 9.84. The van der Waals surface area contributed by atoms with E-state index in [0.717, 1.165) is 0 Å². The number of sulfone groups is 1. The molecule has 0 aromatic carbocycles. The molecule has 1 amide bonds. The van der Waals surface area contributed by atoms with E-state index in [2.05, 4.69) is 20.7 Å². The number of ether oxygens (including phenoxy) is 1. The number of carbonyl (C=O) groups is 1. The number of halogens is 3. The molecule has 1 aliphatic carbocycles. The first-order valence-corrected chi connectivity index (χ1v) is 15.0. The number of nitrogens with one attached hydrogen (secondary N) is 2. The number of alkyl halides is 2. The highest BCUT2D eigenvalue weighted by Gasteiger charge is 2.37. The summed E-state index contributed by atoms with van der Waals surface area (Å²) in [6.07, 6.45) is 3.52. The van der Waals surface area contributed by atoms with Gasteiger partial charge in [0.25, 0.3) is 5.91 Å². The van der Waals surface area contributed by atoms with Crippen LogP contribution in [0.15, 0.2) is 12.3 Å². The number of pyridine rings is 1. The van der Waals surface area contributed by atoms with Crippen molar-refractivity contribution in [3.63, 3.8) is 0 Å². The first kappa shape index (κ1) is 31.0. The molecule has 1 saturated carbocycles. The lowest BCUT2D eigenvalue weighted by molar-refractivity contribution is -0.0494. The third-order valence-corrected chi connectivity index (χ3v) is 8.63. The molecule has 0 unspecified atom stereocenters. The summed E-state index contributed by atoms with van der Waals surface area (Å²) in [6, 6.07) is 1.35. The molecule has 1 fully saturated rings. The van der Waals surface area contributed by atoms with Gasteiger partial charge >= 0.3 is 6.61 Å². The number of carbonyl (C=O) groups excluding carboxylic acids is 1. The Morgan fingerprint density at radius 1 is 1.33 bits per heavy atom.